The Balaban J connectivity index is 3.57. The number of carbonyl (C=O) groups excluding carboxylic acids is 1. The van der Waals surface area contributed by atoms with Gasteiger partial charge in [0, 0.05) is 24.2 Å². The van der Waals surface area contributed by atoms with Crippen LogP contribution in [0.2, 0.25) is 0 Å². The van der Waals surface area contributed by atoms with E-state index in [1.54, 1.807) is 0 Å². The van der Waals surface area contributed by atoms with E-state index in [0.717, 1.165) is 25.5 Å². The third-order valence-corrected chi connectivity index (χ3v) is 2.56. The molecular formula is C11H21NO3. The molecule has 0 bridgehead atoms. The summed E-state index contributed by atoms with van der Waals surface area (Å²) < 4.78 is 0. The van der Waals surface area contributed by atoms with Crippen LogP contribution in [0.3, 0.4) is 0 Å². The van der Waals surface area contributed by atoms with Gasteiger partial charge in [0.15, 0.2) is 0 Å². The molecule has 0 aliphatic heterocycles. The summed E-state index contributed by atoms with van der Waals surface area (Å²) >= 11 is 0. The predicted octanol–water partition coefficient (Wildman–Crippen LogP) is 2.97. The first-order valence-electron chi connectivity index (χ1n) is 5.79. The second kappa shape index (κ2) is 9.62. The highest BCUT2D eigenvalue weighted by Gasteiger charge is 2.18. The summed E-state index contributed by atoms with van der Waals surface area (Å²) in [6.45, 7) is 2.14. The minimum absolute atomic E-state index is 0.247. The van der Waals surface area contributed by atoms with Crippen LogP contribution in [0, 0.1) is 10.1 Å². The lowest BCUT2D eigenvalue weighted by Gasteiger charge is -2.07. The SMILES string of the molecule is CCCCCCCC(CCC=O)[N+](=O)[O-]. The lowest BCUT2D eigenvalue weighted by atomic mass is 10.0. The van der Waals surface area contributed by atoms with Crippen LogP contribution in [0.4, 0.5) is 0 Å². The van der Waals surface area contributed by atoms with Crippen molar-refractivity contribution in [3.8, 4) is 0 Å². The van der Waals surface area contributed by atoms with E-state index in [9.17, 15) is 14.9 Å². The monoisotopic (exact) mass is 215 g/mol. The molecule has 0 radical (unpaired) electrons. The summed E-state index contributed by atoms with van der Waals surface area (Å²) in [7, 11) is 0. The lowest BCUT2D eigenvalue weighted by molar-refractivity contribution is -0.524. The molecule has 0 fully saturated rings. The Morgan fingerprint density at radius 2 is 1.87 bits per heavy atom. The number of aldehydes is 1. The quantitative estimate of drug-likeness (QED) is 0.243. The maximum absolute atomic E-state index is 10.6. The van der Waals surface area contributed by atoms with Crippen LogP contribution in [0.15, 0.2) is 0 Å². The summed E-state index contributed by atoms with van der Waals surface area (Å²) in [5, 5.41) is 10.6. The maximum atomic E-state index is 10.6. The second-order valence-corrected chi connectivity index (χ2v) is 3.89. The van der Waals surface area contributed by atoms with Crippen LogP contribution in [0.1, 0.15) is 58.3 Å². The number of unbranched alkanes of at least 4 members (excludes halogenated alkanes) is 4. The van der Waals surface area contributed by atoms with Crippen molar-refractivity contribution in [2.24, 2.45) is 0 Å². The highest BCUT2D eigenvalue weighted by Crippen LogP contribution is 2.12. The number of carbonyl (C=O) groups is 1. The normalized spacial score (nSPS) is 12.3. The number of nitrogens with zero attached hydrogens (tertiary/aromatic N) is 1. The van der Waals surface area contributed by atoms with Gasteiger partial charge in [-0.1, -0.05) is 32.6 Å². The first kappa shape index (κ1) is 14.1. The summed E-state index contributed by atoms with van der Waals surface area (Å²) in [5.74, 6) is 0. The molecule has 0 saturated carbocycles. The fourth-order valence-electron chi connectivity index (χ4n) is 1.60. The van der Waals surface area contributed by atoms with Gasteiger partial charge in [0.2, 0.25) is 6.04 Å². The van der Waals surface area contributed by atoms with E-state index in [0.29, 0.717) is 19.3 Å². The van der Waals surface area contributed by atoms with Crippen LogP contribution in [-0.4, -0.2) is 17.3 Å². The fraction of sp³-hybridized carbons (Fsp3) is 0.909. The highest BCUT2D eigenvalue weighted by molar-refractivity contribution is 5.49. The van der Waals surface area contributed by atoms with Crippen molar-refractivity contribution in [1.82, 2.24) is 0 Å². The first-order valence-corrected chi connectivity index (χ1v) is 5.79. The van der Waals surface area contributed by atoms with E-state index >= 15 is 0 Å². The van der Waals surface area contributed by atoms with E-state index in [1.807, 2.05) is 0 Å². The van der Waals surface area contributed by atoms with Crippen LogP contribution in [0.5, 0.6) is 0 Å². The summed E-state index contributed by atoms with van der Waals surface area (Å²) in [6, 6.07) is -0.517. The number of hydrogen-bond donors (Lipinski definition) is 0. The van der Waals surface area contributed by atoms with Crippen LogP contribution >= 0.6 is 0 Å². The molecule has 0 spiro atoms. The van der Waals surface area contributed by atoms with E-state index in [2.05, 4.69) is 6.92 Å². The van der Waals surface area contributed by atoms with Gasteiger partial charge in [-0.05, 0) is 6.42 Å². The van der Waals surface area contributed by atoms with Crippen LogP contribution in [0.25, 0.3) is 0 Å². The minimum atomic E-state index is -0.517. The van der Waals surface area contributed by atoms with E-state index in [4.69, 9.17) is 0 Å². The smallest absolute Gasteiger partial charge is 0.213 e. The van der Waals surface area contributed by atoms with Gasteiger partial charge in [-0.2, -0.15) is 0 Å². The summed E-state index contributed by atoms with van der Waals surface area (Å²) in [6.07, 6.45) is 7.60. The molecule has 15 heavy (non-hydrogen) atoms. The van der Waals surface area contributed by atoms with Gasteiger partial charge in [-0.3, -0.25) is 10.1 Å². The third kappa shape index (κ3) is 8.09. The van der Waals surface area contributed by atoms with Crippen molar-refractivity contribution in [2.45, 2.75) is 64.3 Å². The van der Waals surface area contributed by atoms with Crippen LogP contribution < -0.4 is 0 Å². The number of rotatable bonds is 10. The summed E-state index contributed by atoms with van der Waals surface area (Å²) in [5.41, 5.74) is 0. The molecule has 1 unspecified atom stereocenters. The fourth-order valence-corrected chi connectivity index (χ4v) is 1.60. The van der Waals surface area contributed by atoms with E-state index in [-0.39, 0.29) is 4.92 Å². The van der Waals surface area contributed by atoms with Crippen molar-refractivity contribution < 1.29 is 9.72 Å². The number of nitro groups is 1. The van der Waals surface area contributed by atoms with Crippen molar-refractivity contribution in [1.29, 1.82) is 0 Å². The Bertz CT molecular complexity index is 183. The minimum Gasteiger partial charge on any atom is -0.303 e. The molecular weight excluding hydrogens is 194 g/mol. The highest BCUT2D eigenvalue weighted by atomic mass is 16.6. The molecule has 4 nitrogen and oxygen atoms in total. The molecule has 0 aliphatic rings. The standard InChI is InChI=1S/C11H21NO3/c1-2-3-4-5-6-8-11(12(14)15)9-7-10-13/h10-11H,2-9H2,1H3. The largest absolute Gasteiger partial charge is 0.303 e. The van der Waals surface area contributed by atoms with E-state index < -0.39 is 6.04 Å². The molecule has 0 aromatic carbocycles. The topological polar surface area (TPSA) is 60.2 Å². The second-order valence-electron chi connectivity index (χ2n) is 3.89. The molecule has 0 N–H and O–H groups in total. The average molecular weight is 215 g/mol. The van der Waals surface area contributed by atoms with Gasteiger partial charge >= 0.3 is 0 Å². The average Bonchev–Trinajstić information content (AvgIpc) is 2.21. The zero-order valence-electron chi connectivity index (χ0n) is 9.48. The van der Waals surface area contributed by atoms with Gasteiger partial charge in [-0.25, -0.2) is 0 Å². The Kier molecular flexibility index (Phi) is 9.02. The third-order valence-electron chi connectivity index (χ3n) is 2.56. The Morgan fingerprint density at radius 3 is 2.40 bits per heavy atom. The number of hydrogen-bond acceptors (Lipinski definition) is 3. The molecule has 1 atom stereocenters. The van der Waals surface area contributed by atoms with Gasteiger partial charge in [0.1, 0.15) is 6.29 Å². The Hall–Kier alpha value is -0.930. The molecule has 0 rings (SSSR count). The maximum Gasteiger partial charge on any atom is 0.213 e. The van der Waals surface area contributed by atoms with Gasteiger partial charge in [-0.15, -0.1) is 0 Å². The van der Waals surface area contributed by atoms with Crippen molar-refractivity contribution in [2.75, 3.05) is 0 Å². The molecule has 0 aromatic heterocycles. The predicted molar refractivity (Wildman–Crippen MR) is 59.5 cm³/mol. The molecule has 88 valence electrons. The van der Waals surface area contributed by atoms with Crippen molar-refractivity contribution >= 4 is 6.29 Å². The van der Waals surface area contributed by atoms with Crippen molar-refractivity contribution in [3.63, 3.8) is 0 Å². The van der Waals surface area contributed by atoms with Gasteiger partial charge < -0.3 is 4.79 Å². The molecule has 4 heteroatoms. The van der Waals surface area contributed by atoms with Gasteiger partial charge in [0.25, 0.3) is 0 Å². The molecule has 0 heterocycles. The molecule has 0 aromatic rings. The zero-order valence-corrected chi connectivity index (χ0v) is 9.48. The van der Waals surface area contributed by atoms with Gasteiger partial charge in [0.05, 0.1) is 0 Å². The first-order chi connectivity index (χ1) is 7.22. The zero-order chi connectivity index (χ0) is 11.5. The summed E-state index contributed by atoms with van der Waals surface area (Å²) in [4.78, 5) is 20.5. The molecule has 0 saturated heterocycles. The lowest BCUT2D eigenvalue weighted by Crippen LogP contribution is -2.19. The molecule has 0 aliphatic carbocycles. The Morgan fingerprint density at radius 1 is 1.20 bits per heavy atom. The van der Waals surface area contributed by atoms with Crippen LogP contribution in [-0.2, 0) is 4.79 Å². The molecule has 0 amide bonds. The van der Waals surface area contributed by atoms with Crippen molar-refractivity contribution in [3.05, 3.63) is 10.1 Å². The Labute approximate surface area is 91.2 Å². The van der Waals surface area contributed by atoms with E-state index in [1.165, 1.54) is 12.8 Å².